The highest BCUT2D eigenvalue weighted by Gasteiger charge is 2.51. The van der Waals surface area contributed by atoms with E-state index in [1.165, 1.54) is 17.5 Å². The molecule has 1 aliphatic heterocycles. The lowest BCUT2D eigenvalue weighted by Crippen LogP contribution is -2.67. The molecule has 2 unspecified atom stereocenters. The number of carbonyl (C=O) groups excluding carboxylic acids is 1. The van der Waals surface area contributed by atoms with Crippen molar-refractivity contribution >= 4 is 52.2 Å². The number of fused-ring (bicyclic) bond motifs is 1. The fourth-order valence-corrected chi connectivity index (χ4v) is 18.8. The fraction of sp³-hybridized carbons (Fsp3) is 0.588. The summed E-state index contributed by atoms with van der Waals surface area (Å²) in [6.07, 6.45) is 5.50. The zero-order valence-corrected chi connectivity index (χ0v) is 43.1. The third-order valence-corrected chi connectivity index (χ3v) is 24.1. The minimum atomic E-state index is -2.96. The molecule has 4 atom stereocenters. The molecule has 62 heavy (non-hydrogen) atoms. The van der Waals surface area contributed by atoms with Crippen LogP contribution in [0.3, 0.4) is 0 Å². The second-order valence-electron chi connectivity index (χ2n) is 19.6. The molecule has 1 aromatic heterocycles. The quantitative estimate of drug-likeness (QED) is 0.0553. The van der Waals surface area contributed by atoms with Gasteiger partial charge in [-0.15, -0.1) is 0 Å². The first-order chi connectivity index (χ1) is 29.6. The molecule has 1 N–H and O–H groups in total. The number of rotatable bonds is 24. The van der Waals surface area contributed by atoms with Crippen molar-refractivity contribution in [3.05, 3.63) is 96.2 Å². The summed E-state index contributed by atoms with van der Waals surface area (Å²) in [5.41, 5.74) is 2.41. The zero-order chi connectivity index (χ0) is 45.0. The third kappa shape index (κ3) is 12.3. The summed E-state index contributed by atoms with van der Waals surface area (Å²) >= 11 is 0. The number of aromatic nitrogens is 1. The zero-order valence-electron chi connectivity index (χ0n) is 40.1. The summed E-state index contributed by atoms with van der Waals surface area (Å²) < 4.78 is 40.4. The van der Waals surface area contributed by atoms with Gasteiger partial charge in [0.25, 0.3) is 8.32 Å². The molecule has 0 spiro atoms. The van der Waals surface area contributed by atoms with Crippen LogP contribution in [0.2, 0.25) is 42.8 Å². The summed E-state index contributed by atoms with van der Waals surface area (Å²) in [5.74, 6) is -0.949. The van der Waals surface area contributed by atoms with Gasteiger partial charge in [-0.05, 0) is 116 Å². The van der Waals surface area contributed by atoms with Gasteiger partial charge >= 0.3 is 5.97 Å². The average molecular weight is 902 g/mol. The first kappa shape index (κ1) is 50.1. The van der Waals surface area contributed by atoms with Gasteiger partial charge in [-0.1, -0.05) is 127 Å². The van der Waals surface area contributed by atoms with Crippen LogP contribution in [0.1, 0.15) is 104 Å². The number of H-pyrrole nitrogens is 1. The number of hydrogen-bond donors (Lipinski definition) is 1. The number of benzene rings is 3. The highest BCUT2D eigenvalue weighted by Crippen LogP contribution is 2.42. The molecule has 0 amide bonds. The van der Waals surface area contributed by atoms with Gasteiger partial charge in [0, 0.05) is 29.8 Å². The normalized spacial score (nSPS) is 17.4. The van der Waals surface area contributed by atoms with Crippen molar-refractivity contribution in [1.29, 1.82) is 0 Å². The molecule has 1 saturated heterocycles. The summed E-state index contributed by atoms with van der Waals surface area (Å²) in [6.45, 7) is 25.1. The molecule has 3 aromatic carbocycles. The van der Waals surface area contributed by atoms with Crippen molar-refractivity contribution in [2.45, 2.75) is 154 Å². The molecule has 0 radical (unpaired) electrons. The van der Waals surface area contributed by atoms with Crippen LogP contribution in [0.4, 0.5) is 0 Å². The minimum absolute atomic E-state index is 0.104. The van der Waals surface area contributed by atoms with Crippen LogP contribution in [0.5, 0.6) is 0 Å². The highest BCUT2D eigenvalue weighted by molar-refractivity contribution is 6.99. The van der Waals surface area contributed by atoms with Crippen LogP contribution >= 0.6 is 0 Å². The fourth-order valence-electron chi connectivity index (χ4n) is 9.91. The first-order valence-electron chi connectivity index (χ1n) is 23.6. The predicted molar refractivity (Wildman–Crippen MR) is 263 cm³/mol. The maximum absolute atomic E-state index is 14.5. The van der Waals surface area contributed by atoms with Crippen LogP contribution < -0.4 is 10.4 Å². The second kappa shape index (κ2) is 22.3. The Morgan fingerprint density at radius 2 is 1.45 bits per heavy atom. The molecule has 0 aliphatic carbocycles. The molecule has 342 valence electrons. The predicted octanol–water partition coefficient (Wildman–Crippen LogP) is 11.5. The SMILES string of the molecule is CC[C@@](CO[Si](CC)(CC)CC)(C[C@H](CO[Si](c1ccccc1)(c1ccccc1)C(C)(C)C)CC(C(=O)OC)c1[nH]c2ccccc2c1CCOC1CCCCO1)O[Si](C)(C)C. The van der Waals surface area contributed by atoms with E-state index in [0.717, 1.165) is 72.6 Å². The van der Waals surface area contributed by atoms with Gasteiger partial charge in [0.05, 0.1) is 31.8 Å². The molecular weight excluding hydrogens is 823 g/mol. The maximum atomic E-state index is 14.5. The molecule has 8 nitrogen and oxygen atoms in total. The Labute approximate surface area is 377 Å². The van der Waals surface area contributed by atoms with Gasteiger partial charge in [0.15, 0.2) is 22.9 Å². The van der Waals surface area contributed by atoms with Crippen molar-refractivity contribution in [3.63, 3.8) is 0 Å². The number of ether oxygens (including phenoxy) is 3. The molecule has 4 aromatic rings. The highest BCUT2D eigenvalue weighted by atomic mass is 28.4. The molecule has 0 saturated carbocycles. The Morgan fingerprint density at radius 1 is 0.839 bits per heavy atom. The van der Waals surface area contributed by atoms with Crippen LogP contribution in [0, 0.1) is 5.92 Å². The number of aromatic amines is 1. The number of carbonyl (C=O) groups is 1. The molecular formula is C51H79NO7Si3. The van der Waals surface area contributed by atoms with Gasteiger partial charge in [0.1, 0.15) is 0 Å². The van der Waals surface area contributed by atoms with Gasteiger partial charge < -0.3 is 32.5 Å². The number of hydrogen-bond acceptors (Lipinski definition) is 7. The van der Waals surface area contributed by atoms with E-state index >= 15 is 0 Å². The molecule has 2 heterocycles. The Morgan fingerprint density at radius 3 is 1.98 bits per heavy atom. The Balaban J connectivity index is 1.64. The number of methoxy groups -OCH3 is 1. The van der Waals surface area contributed by atoms with E-state index < -0.39 is 36.5 Å². The van der Waals surface area contributed by atoms with Crippen molar-refractivity contribution in [2.24, 2.45) is 5.92 Å². The number of para-hydroxylation sites is 1. The lowest BCUT2D eigenvalue weighted by molar-refractivity contribution is -0.161. The number of nitrogens with one attached hydrogen (secondary N) is 1. The van der Waals surface area contributed by atoms with Crippen molar-refractivity contribution in [3.8, 4) is 0 Å². The van der Waals surface area contributed by atoms with E-state index in [4.69, 9.17) is 27.5 Å². The standard InChI is InChI=1S/C51H79NO7Si3/c1-12-51(59-60(9,10)11,39-58-61(13-2,14-3)15-4)37-40(38-57-62(50(5,6)7,41-26-18-16-19-27-41)42-28-20-17-21-29-42)36-45(49(53)54-8)48-44(43-30-22-23-31-46(43)52-48)33-35-56-47-32-24-25-34-55-47/h16-23,26-31,40,45,47,52H,12-15,24-25,32-39H2,1-11H3/t40-,45?,47?,51+/m1/s1. The van der Waals surface area contributed by atoms with Crippen LogP contribution in [0.15, 0.2) is 84.9 Å². The van der Waals surface area contributed by atoms with Gasteiger partial charge in [-0.2, -0.15) is 0 Å². The van der Waals surface area contributed by atoms with Crippen molar-refractivity contribution in [1.82, 2.24) is 4.98 Å². The Bertz CT molecular complexity index is 1900. The summed E-state index contributed by atoms with van der Waals surface area (Å²) in [6, 6.07) is 33.2. The lowest BCUT2D eigenvalue weighted by Gasteiger charge is -2.46. The van der Waals surface area contributed by atoms with E-state index in [-0.39, 0.29) is 23.2 Å². The Hall–Kier alpha value is -2.88. The van der Waals surface area contributed by atoms with Gasteiger partial charge in [-0.3, -0.25) is 4.79 Å². The van der Waals surface area contributed by atoms with Gasteiger partial charge in [-0.25, -0.2) is 0 Å². The van der Waals surface area contributed by atoms with Crippen LogP contribution in [0.25, 0.3) is 10.9 Å². The van der Waals surface area contributed by atoms with E-state index in [1.54, 1.807) is 0 Å². The molecule has 1 fully saturated rings. The molecule has 11 heteroatoms. The Kier molecular flexibility index (Phi) is 18.1. The van der Waals surface area contributed by atoms with Gasteiger partial charge in [0.2, 0.25) is 0 Å². The van der Waals surface area contributed by atoms with E-state index in [1.807, 2.05) is 6.07 Å². The summed E-state index contributed by atoms with van der Waals surface area (Å²) in [4.78, 5) is 18.2. The van der Waals surface area contributed by atoms with E-state index in [0.29, 0.717) is 39.1 Å². The second-order valence-corrected chi connectivity index (χ2v) is 33.1. The molecule has 0 bridgehead atoms. The minimum Gasteiger partial charge on any atom is -0.469 e. The topological polar surface area (TPSA) is 88.2 Å². The molecule has 1 aliphatic rings. The molecule has 5 rings (SSSR count). The van der Waals surface area contributed by atoms with Crippen molar-refractivity contribution in [2.75, 3.05) is 33.5 Å². The first-order valence-corrected chi connectivity index (χ1v) is 31.4. The summed E-state index contributed by atoms with van der Waals surface area (Å²) in [5, 5.41) is 3.34. The number of esters is 1. The maximum Gasteiger partial charge on any atom is 0.314 e. The lowest BCUT2D eigenvalue weighted by atomic mass is 9.82. The van der Waals surface area contributed by atoms with Crippen molar-refractivity contribution < 1.29 is 32.3 Å². The van der Waals surface area contributed by atoms with Crippen LogP contribution in [-0.2, 0) is 38.7 Å². The third-order valence-electron chi connectivity index (χ3n) is 13.4. The smallest absolute Gasteiger partial charge is 0.314 e. The van der Waals surface area contributed by atoms with E-state index in [2.05, 4.69) is 152 Å². The van der Waals surface area contributed by atoms with Crippen LogP contribution in [-0.4, -0.2) is 81.3 Å². The average Bonchev–Trinajstić information content (AvgIpc) is 3.64. The monoisotopic (exact) mass is 902 g/mol. The van der Waals surface area contributed by atoms with E-state index in [9.17, 15) is 4.79 Å². The summed E-state index contributed by atoms with van der Waals surface area (Å²) in [7, 11) is -5.54. The largest absolute Gasteiger partial charge is 0.469 e.